The van der Waals surface area contributed by atoms with Gasteiger partial charge in [-0.25, -0.2) is 0 Å². The quantitative estimate of drug-likeness (QED) is 0.816. The summed E-state index contributed by atoms with van der Waals surface area (Å²) >= 11 is 0. The summed E-state index contributed by atoms with van der Waals surface area (Å²) in [6, 6.07) is 0.550. The number of rotatable bonds is 6. The molecule has 1 saturated heterocycles. The van der Waals surface area contributed by atoms with Crippen molar-refractivity contribution in [3.05, 3.63) is 29.3 Å². The van der Waals surface area contributed by atoms with E-state index < -0.39 is 0 Å². The van der Waals surface area contributed by atoms with Gasteiger partial charge in [0.25, 0.3) is 5.91 Å². The maximum absolute atomic E-state index is 12.2. The number of hydrogen-bond donors (Lipinski definition) is 2. The lowest BCUT2D eigenvalue weighted by Gasteiger charge is -2.23. The van der Waals surface area contributed by atoms with Gasteiger partial charge in [-0.2, -0.15) is 5.10 Å². The van der Waals surface area contributed by atoms with Crippen molar-refractivity contribution >= 4 is 5.91 Å². The van der Waals surface area contributed by atoms with Gasteiger partial charge in [-0.05, 0) is 32.7 Å². The molecule has 0 aliphatic carbocycles. The monoisotopic (exact) mass is 331 g/mol. The van der Waals surface area contributed by atoms with Crippen LogP contribution >= 0.6 is 0 Å². The maximum atomic E-state index is 12.2. The molecule has 3 heterocycles. The molecule has 1 unspecified atom stereocenters. The Morgan fingerprint density at radius 3 is 3.04 bits per heavy atom. The zero-order chi connectivity index (χ0) is 16.9. The number of carbonyl (C=O) groups is 1. The van der Waals surface area contributed by atoms with Gasteiger partial charge >= 0.3 is 0 Å². The fourth-order valence-corrected chi connectivity index (χ4v) is 2.95. The fraction of sp³-hybridized carbons (Fsp3) is 0.625. The number of amides is 1. The van der Waals surface area contributed by atoms with Crippen molar-refractivity contribution in [1.29, 1.82) is 0 Å². The van der Waals surface area contributed by atoms with Gasteiger partial charge < -0.3 is 10.6 Å². The molecule has 2 aromatic heterocycles. The second-order valence-electron chi connectivity index (χ2n) is 6.36. The first-order valence-electron chi connectivity index (χ1n) is 8.52. The molecule has 8 nitrogen and oxygen atoms in total. The molecule has 0 saturated carbocycles. The van der Waals surface area contributed by atoms with Crippen molar-refractivity contribution in [2.75, 3.05) is 6.54 Å². The number of hydrogen-bond acceptors (Lipinski definition) is 5. The molecular weight excluding hydrogens is 306 g/mol. The van der Waals surface area contributed by atoms with Crippen LogP contribution in [-0.4, -0.2) is 43.3 Å². The first-order valence-corrected chi connectivity index (χ1v) is 8.52. The van der Waals surface area contributed by atoms with E-state index in [4.69, 9.17) is 0 Å². The first-order chi connectivity index (χ1) is 11.6. The lowest BCUT2D eigenvalue weighted by atomic mass is 10.0. The molecule has 130 valence electrons. The van der Waals surface area contributed by atoms with Crippen molar-refractivity contribution < 1.29 is 4.79 Å². The van der Waals surface area contributed by atoms with Crippen LogP contribution < -0.4 is 10.6 Å². The van der Waals surface area contributed by atoms with Crippen LogP contribution in [0.1, 0.15) is 47.4 Å². The van der Waals surface area contributed by atoms with Crippen LogP contribution in [0.25, 0.3) is 0 Å². The van der Waals surface area contributed by atoms with Crippen LogP contribution in [0.5, 0.6) is 0 Å². The molecule has 8 heteroatoms. The lowest BCUT2D eigenvalue weighted by Crippen LogP contribution is -2.34. The molecule has 0 spiro atoms. The van der Waals surface area contributed by atoms with E-state index in [0.29, 0.717) is 18.3 Å². The summed E-state index contributed by atoms with van der Waals surface area (Å²) in [4.78, 5) is 12.2. The minimum Gasteiger partial charge on any atom is -0.346 e. The Labute approximate surface area is 141 Å². The highest BCUT2D eigenvalue weighted by Gasteiger charge is 2.15. The van der Waals surface area contributed by atoms with Gasteiger partial charge in [-0.15, -0.1) is 5.10 Å². The van der Waals surface area contributed by atoms with Crippen LogP contribution in [0.3, 0.4) is 0 Å². The highest BCUT2D eigenvalue weighted by atomic mass is 16.2. The fourth-order valence-electron chi connectivity index (χ4n) is 2.95. The molecule has 1 atom stereocenters. The Morgan fingerprint density at radius 1 is 1.46 bits per heavy atom. The summed E-state index contributed by atoms with van der Waals surface area (Å²) < 4.78 is 3.54. The van der Waals surface area contributed by atoms with Gasteiger partial charge in [0.2, 0.25) is 0 Å². The standard InChI is InChI=1S/C16H25N7O/c1-12-13(10-19-22(12)2)9-18-16(24)15-11-23(21-20-15)8-6-14-5-3-4-7-17-14/h10-11,14,17H,3-9H2,1-2H3,(H,18,24). The molecule has 0 radical (unpaired) electrons. The second-order valence-corrected chi connectivity index (χ2v) is 6.36. The van der Waals surface area contributed by atoms with Crippen LogP contribution in [0.15, 0.2) is 12.4 Å². The van der Waals surface area contributed by atoms with Crippen LogP contribution in [-0.2, 0) is 20.1 Å². The van der Waals surface area contributed by atoms with E-state index in [0.717, 1.165) is 30.8 Å². The normalized spacial score (nSPS) is 17.8. The Kier molecular flexibility index (Phi) is 5.24. The van der Waals surface area contributed by atoms with Crippen molar-refractivity contribution in [2.24, 2.45) is 7.05 Å². The highest BCUT2D eigenvalue weighted by molar-refractivity contribution is 5.91. The topological polar surface area (TPSA) is 89.7 Å². The highest BCUT2D eigenvalue weighted by Crippen LogP contribution is 2.11. The number of nitrogens with one attached hydrogen (secondary N) is 2. The van der Waals surface area contributed by atoms with Crippen LogP contribution in [0.4, 0.5) is 0 Å². The zero-order valence-electron chi connectivity index (χ0n) is 14.3. The molecule has 0 bridgehead atoms. The molecule has 1 amide bonds. The third-order valence-corrected chi connectivity index (χ3v) is 4.67. The Balaban J connectivity index is 1.49. The average molecular weight is 331 g/mol. The van der Waals surface area contributed by atoms with E-state index in [1.165, 1.54) is 19.3 Å². The predicted octanol–water partition coefficient (Wildman–Crippen LogP) is 0.782. The molecule has 1 aliphatic heterocycles. The first kappa shape index (κ1) is 16.6. The molecule has 1 aliphatic rings. The van der Waals surface area contributed by atoms with E-state index in [1.54, 1.807) is 21.8 Å². The average Bonchev–Trinajstić information content (AvgIpc) is 3.20. The summed E-state index contributed by atoms with van der Waals surface area (Å²) in [6.07, 6.45) is 8.26. The smallest absolute Gasteiger partial charge is 0.273 e. The second kappa shape index (κ2) is 7.57. The van der Waals surface area contributed by atoms with Gasteiger partial charge in [0.15, 0.2) is 5.69 Å². The number of nitrogens with zero attached hydrogens (tertiary/aromatic N) is 5. The van der Waals surface area contributed by atoms with Gasteiger partial charge in [0.1, 0.15) is 0 Å². The van der Waals surface area contributed by atoms with E-state index in [1.807, 2.05) is 14.0 Å². The van der Waals surface area contributed by atoms with Crippen molar-refractivity contribution in [1.82, 2.24) is 35.4 Å². The van der Waals surface area contributed by atoms with Gasteiger partial charge in [-0.1, -0.05) is 11.6 Å². The summed E-state index contributed by atoms with van der Waals surface area (Å²) in [6.45, 7) is 4.30. The summed E-state index contributed by atoms with van der Waals surface area (Å²) in [5, 5.41) is 18.6. The summed E-state index contributed by atoms with van der Waals surface area (Å²) in [5.74, 6) is -0.208. The minimum atomic E-state index is -0.208. The molecule has 3 rings (SSSR count). The number of piperidine rings is 1. The SMILES string of the molecule is Cc1c(CNC(=O)c2cn(CCC3CCCCN3)nn2)cnn1C. The third kappa shape index (κ3) is 4.00. The van der Waals surface area contributed by atoms with E-state index in [9.17, 15) is 4.79 Å². The Morgan fingerprint density at radius 2 is 2.33 bits per heavy atom. The van der Waals surface area contributed by atoms with Crippen molar-refractivity contribution in [2.45, 2.75) is 51.7 Å². The third-order valence-electron chi connectivity index (χ3n) is 4.67. The predicted molar refractivity (Wildman–Crippen MR) is 89.4 cm³/mol. The number of carbonyl (C=O) groups excluding carboxylic acids is 1. The lowest BCUT2D eigenvalue weighted by molar-refractivity contribution is 0.0946. The summed E-state index contributed by atoms with van der Waals surface area (Å²) in [7, 11) is 1.88. The van der Waals surface area contributed by atoms with Crippen molar-refractivity contribution in [3.63, 3.8) is 0 Å². The van der Waals surface area contributed by atoms with E-state index in [2.05, 4.69) is 26.0 Å². The summed E-state index contributed by atoms with van der Waals surface area (Å²) in [5.41, 5.74) is 2.40. The maximum Gasteiger partial charge on any atom is 0.273 e. The van der Waals surface area contributed by atoms with E-state index >= 15 is 0 Å². The molecule has 2 N–H and O–H groups in total. The van der Waals surface area contributed by atoms with Crippen molar-refractivity contribution in [3.8, 4) is 0 Å². The zero-order valence-corrected chi connectivity index (χ0v) is 14.3. The van der Waals surface area contributed by atoms with Gasteiger partial charge in [0, 0.05) is 37.4 Å². The molecule has 1 fully saturated rings. The van der Waals surface area contributed by atoms with Gasteiger partial charge in [0.05, 0.1) is 12.4 Å². The number of aromatic nitrogens is 5. The molecule has 24 heavy (non-hydrogen) atoms. The van der Waals surface area contributed by atoms with Crippen LogP contribution in [0, 0.1) is 6.92 Å². The van der Waals surface area contributed by atoms with Gasteiger partial charge in [-0.3, -0.25) is 14.2 Å². The minimum absolute atomic E-state index is 0.208. The Hall–Kier alpha value is -2.22. The number of aryl methyl sites for hydroxylation is 2. The Bertz CT molecular complexity index is 684. The van der Waals surface area contributed by atoms with E-state index in [-0.39, 0.29) is 5.91 Å². The molecule has 0 aromatic carbocycles. The molecule has 2 aromatic rings. The molecular formula is C16H25N7O. The van der Waals surface area contributed by atoms with Crippen LogP contribution in [0.2, 0.25) is 0 Å². The largest absolute Gasteiger partial charge is 0.346 e.